The Morgan fingerprint density at radius 2 is 2.12 bits per heavy atom. The van der Waals surface area contributed by atoms with Crippen molar-refractivity contribution in [2.45, 2.75) is 50.5 Å². The Kier molecular flexibility index (Phi) is 4.97. The molecular formula is C19H26N4O2. The zero-order valence-electron chi connectivity index (χ0n) is 14.6. The van der Waals surface area contributed by atoms with Crippen molar-refractivity contribution in [3.8, 4) is 0 Å². The van der Waals surface area contributed by atoms with E-state index < -0.39 is 0 Å². The molecule has 1 amide bonds. The minimum Gasteiger partial charge on any atom is -0.378 e. The Balaban J connectivity index is 1.27. The number of aromatic nitrogens is 2. The maximum Gasteiger partial charge on any atom is 0.224 e. The highest BCUT2D eigenvalue weighted by molar-refractivity contribution is 5.79. The van der Waals surface area contributed by atoms with Gasteiger partial charge in [-0.15, -0.1) is 0 Å². The lowest BCUT2D eigenvalue weighted by Crippen LogP contribution is -2.43. The smallest absolute Gasteiger partial charge is 0.224 e. The van der Waals surface area contributed by atoms with Crippen LogP contribution < -0.4 is 10.2 Å². The molecule has 0 atom stereocenters. The minimum absolute atomic E-state index is 0.174. The largest absolute Gasteiger partial charge is 0.378 e. The summed E-state index contributed by atoms with van der Waals surface area (Å²) in [5, 5.41) is 3.17. The maximum absolute atomic E-state index is 12.1. The quantitative estimate of drug-likeness (QED) is 0.831. The van der Waals surface area contributed by atoms with E-state index in [-0.39, 0.29) is 5.91 Å². The van der Waals surface area contributed by atoms with Crippen LogP contribution in [0.2, 0.25) is 0 Å². The molecule has 2 fully saturated rings. The van der Waals surface area contributed by atoms with Crippen LogP contribution in [0, 0.1) is 0 Å². The maximum atomic E-state index is 12.1. The van der Waals surface area contributed by atoms with E-state index >= 15 is 0 Å². The van der Waals surface area contributed by atoms with Crippen LogP contribution in [0.25, 0.3) is 0 Å². The number of ether oxygens (including phenoxy) is 1. The van der Waals surface area contributed by atoms with E-state index in [1.165, 1.54) is 12.0 Å². The van der Waals surface area contributed by atoms with E-state index in [9.17, 15) is 4.79 Å². The number of rotatable bonds is 5. The molecule has 1 aromatic heterocycles. The van der Waals surface area contributed by atoms with E-state index in [0.717, 1.165) is 63.5 Å². The number of amides is 1. The predicted molar refractivity (Wildman–Crippen MR) is 95.5 cm³/mol. The molecule has 1 saturated carbocycles. The normalized spacial score (nSPS) is 26.1. The number of carbonyl (C=O) groups is 1. The highest BCUT2D eigenvalue weighted by atomic mass is 16.5. The van der Waals surface area contributed by atoms with E-state index in [1.807, 2.05) is 0 Å². The molecule has 1 aromatic rings. The third-order valence-corrected chi connectivity index (χ3v) is 5.45. The lowest BCUT2D eigenvalue weighted by molar-refractivity contribution is -0.121. The van der Waals surface area contributed by atoms with Gasteiger partial charge < -0.3 is 15.0 Å². The molecule has 2 heterocycles. The third kappa shape index (κ3) is 4.00. The monoisotopic (exact) mass is 342 g/mol. The first-order chi connectivity index (χ1) is 12.3. The fourth-order valence-corrected chi connectivity index (χ4v) is 3.91. The second kappa shape index (κ2) is 7.52. The van der Waals surface area contributed by atoms with Crippen molar-refractivity contribution in [3.63, 3.8) is 0 Å². The molecule has 0 radical (unpaired) electrons. The summed E-state index contributed by atoms with van der Waals surface area (Å²) >= 11 is 0. The van der Waals surface area contributed by atoms with Crippen LogP contribution in [-0.4, -0.2) is 48.2 Å². The Morgan fingerprint density at radius 1 is 1.28 bits per heavy atom. The average molecular weight is 342 g/mol. The molecule has 0 bridgehead atoms. The summed E-state index contributed by atoms with van der Waals surface area (Å²) in [6.07, 6.45) is 9.84. The molecule has 4 rings (SSSR count). The van der Waals surface area contributed by atoms with Gasteiger partial charge in [-0.25, -0.2) is 9.97 Å². The van der Waals surface area contributed by atoms with Gasteiger partial charge in [0.15, 0.2) is 0 Å². The number of allylic oxidation sites excluding steroid dienone is 1. The van der Waals surface area contributed by atoms with Gasteiger partial charge in [0.2, 0.25) is 5.91 Å². The molecule has 6 nitrogen and oxygen atoms in total. The average Bonchev–Trinajstić information content (AvgIpc) is 3.11. The standard InChI is InChI=1S/C19H26N4O2/c24-19(9-14-3-1-2-4-14)22-16-10-15(11-16)17-12-18(21-13-20-17)23-5-7-25-8-6-23/h3,12-13,15-16H,1-2,4-11H2,(H,22,24). The molecule has 0 unspecified atom stereocenters. The van der Waals surface area contributed by atoms with Gasteiger partial charge in [-0.2, -0.15) is 0 Å². The van der Waals surface area contributed by atoms with Crippen molar-refractivity contribution in [2.24, 2.45) is 0 Å². The number of morpholine rings is 1. The summed E-state index contributed by atoms with van der Waals surface area (Å²) in [5.74, 6) is 1.60. The lowest BCUT2D eigenvalue weighted by Gasteiger charge is -2.36. The van der Waals surface area contributed by atoms with Crippen LogP contribution in [0.3, 0.4) is 0 Å². The zero-order valence-corrected chi connectivity index (χ0v) is 14.6. The van der Waals surface area contributed by atoms with Gasteiger partial charge in [-0.1, -0.05) is 11.6 Å². The van der Waals surface area contributed by atoms with Crippen molar-refractivity contribution in [1.29, 1.82) is 0 Å². The highest BCUT2D eigenvalue weighted by Crippen LogP contribution is 2.36. The summed E-state index contributed by atoms with van der Waals surface area (Å²) in [7, 11) is 0. The van der Waals surface area contributed by atoms with Crippen molar-refractivity contribution in [1.82, 2.24) is 15.3 Å². The molecule has 6 heteroatoms. The van der Waals surface area contributed by atoms with Crippen LogP contribution in [0.4, 0.5) is 5.82 Å². The third-order valence-electron chi connectivity index (χ3n) is 5.45. The molecule has 25 heavy (non-hydrogen) atoms. The van der Waals surface area contributed by atoms with Crippen LogP contribution in [-0.2, 0) is 9.53 Å². The SMILES string of the molecule is O=C(CC1=CCCC1)NC1CC(c2cc(N3CCOCC3)ncn2)C1. The summed E-state index contributed by atoms with van der Waals surface area (Å²) in [4.78, 5) is 23.2. The second-order valence-electron chi connectivity index (χ2n) is 7.26. The fourth-order valence-electron chi connectivity index (χ4n) is 3.91. The first-order valence-electron chi connectivity index (χ1n) is 9.40. The molecule has 1 N–H and O–H groups in total. The van der Waals surface area contributed by atoms with Gasteiger partial charge in [0.05, 0.1) is 13.2 Å². The van der Waals surface area contributed by atoms with Gasteiger partial charge >= 0.3 is 0 Å². The minimum atomic E-state index is 0.174. The van der Waals surface area contributed by atoms with Crippen molar-refractivity contribution in [2.75, 3.05) is 31.2 Å². The topological polar surface area (TPSA) is 67.4 Å². The second-order valence-corrected chi connectivity index (χ2v) is 7.26. The highest BCUT2D eigenvalue weighted by Gasteiger charge is 2.33. The van der Waals surface area contributed by atoms with Crippen molar-refractivity contribution >= 4 is 11.7 Å². The van der Waals surface area contributed by atoms with Crippen LogP contribution in [0.1, 0.15) is 50.1 Å². The molecular weight excluding hydrogens is 316 g/mol. The van der Waals surface area contributed by atoms with Crippen LogP contribution >= 0.6 is 0 Å². The van der Waals surface area contributed by atoms with Crippen LogP contribution in [0.5, 0.6) is 0 Å². The fraction of sp³-hybridized carbons (Fsp3) is 0.632. The van der Waals surface area contributed by atoms with Gasteiger partial charge in [-0.05, 0) is 32.1 Å². The summed E-state index contributed by atoms with van der Waals surface area (Å²) in [6.45, 7) is 3.28. The zero-order chi connectivity index (χ0) is 17.1. The lowest BCUT2D eigenvalue weighted by atomic mass is 9.78. The van der Waals surface area contributed by atoms with Crippen molar-refractivity contribution in [3.05, 3.63) is 29.7 Å². The first kappa shape index (κ1) is 16.5. The molecule has 3 aliphatic rings. The van der Waals surface area contributed by atoms with Gasteiger partial charge in [0.25, 0.3) is 0 Å². The number of hydrogen-bond donors (Lipinski definition) is 1. The van der Waals surface area contributed by atoms with Gasteiger partial charge in [0.1, 0.15) is 12.1 Å². The van der Waals surface area contributed by atoms with Gasteiger partial charge in [-0.3, -0.25) is 4.79 Å². The number of carbonyl (C=O) groups excluding carboxylic acids is 1. The van der Waals surface area contributed by atoms with E-state index in [1.54, 1.807) is 6.33 Å². The summed E-state index contributed by atoms with van der Waals surface area (Å²) in [6, 6.07) is 2.40. The Morgan fingerprint density at radius 3 is 2.88 bits per heavy atom. The number of hydrogen-bond acceptors (Lipinski definition) is 5. The first-order valence-corrected chi connectivity index (χ1v) is 9.40. The molecule has 134 valence electrons. The molecule has 0 aromatic carbocycles. The van der Waals surface area contributed by atoms with Gasteiger partial charge in [0, 0.05) is 43.2 Å². The van der Waals surface area contributed by atoms with Crippen LogP contribution in [0.15, 0.2) is 24.0 Å². The molecule has 0 spiro atoms. The Labute approximate surface area is 148 Å². The van der Waals surface area contributed by atoms with E-state index in [4.69, 9.17) is 4.74 Å². The van der Waals surface area contributed by atoms with Crippen molar-refractivity contribution < 1.29 is 9.53 Å². The number of nitrogens with zero attached hydrogens (tertiary/aromatic N) is 3. The van der Waals surface area contributed by atoms with E-state index in [0.29, 0.717) is 18.4 Å². The molecule has 2 aliphatic carbocycles. The summed E-state index contributed by atoms with van der Waals surface area (Å²) < 4.78 is 5.40. The van der Waals surface area contributed by atoms with E-state index in [2.05, 4.69) is 32.3 Å². The predicted octanol–water partition coefficient (Wildman–Crippen LogP) is 2.18. The number of nitrogens with one attached hydrogen (secondary N) is 1. The summed E-state index contributed by atoms with van der Waals surface area (Å²) in [5.41, 5.74) is 2.40. The molecule has 1 aliphatic heterocycles. The molecule has 1 saturated heterocycles. The Hall–Kier alpha value is -1.95. The Bertz CT molecular complexity index is 649. The number of anilines is 1.